The van der Waals surface area contributed by atoms with Gasteiger partial charge in [0.25, 0.3) is 0 Å². The highest BCUT2D eigenvalue weighted by Crippen LogP contribution is 2.19. The fraction of sp³-hybridized carbons (Fsp3) is 0.500. The second-order valence-corrected chi connectivity index (χ2v) is 5.60. The van der Waals surface area contributed by atoms with E-state index in [9.17, 15) is 4.79 Å². The summed E-state index contributed by atoms with van der Waals surface area (Å²) in [4.78, 5) is 14.4. The zero-order valence-corrected chi connectivity index (χ0v) is 13.1. The summed E-state index contributed by atoms with van der Waals surface area (Å²) in [5, 5.41) is 0. The molecule has 0 spiro atoms. The van der Waals surface area contributed by atoms with Crippen LogP contribution in [0.25, 0.3) is 0 Å². The molecule has 0 saturated carbocycles. The van der Waals surface area contributed by atoms with Crippen molar-refractivity contribution in [3.05, 3.63) is 29.8 Å². The maximum absolute atomic E-state index is 12.5. The van der Waals surface area contributed by atoms with E-state index in [4.69, 9.17) is 15.9 Å². The normalized spacial score (nSPS) is 17.8. The van der Waals surface area contributed by atoms with Crippen LogP contribution in [0.5, 0.6) is 5.75 Å². The Bertz CT molecular complexity index is 535. The lowest BCUT2D eigenvalue weighted by atomic mass is 9.98. The number of nitrogens with zero attached hydrogens (tertiary/aromatic N) is 1. The molecule has 118 valence electrons. The molecular formula is C18H23NO3. The van der Waals surface area contributed by atoms with Crippen LogP contribution >= 0.6 is 0 Å². The molecule has 1 aromatic carbocycles. The van der Waals surface area contributed by atoms with Gasteiger partial charge in [-0.1, -0.05) is 18.1 Å². The summed E-state index contributed by atoms with van der Waals surface area (Å²) in [6.07, 6.45) is 7.70. The standard InChI is InChI=1S/C18H23NO3/c1-3-10-22-14-16-7-5-9-19(13-16)18(20)12-15-6-4-8-17(11-15)21-2/h1,4,6,8,11,16H,5,7,9-10,12-14H2,2H3. The lowest BCUT2D eigenvalue weighted by Crippen LogP contribution is -2.42. The first-order chi connectivity index (χ1) is 10.7. The zero-order valence-electron chi connectivity index (χ0n) is 13.1. The van der Waals surface area contributed by atoms with Crippen molar-refractivity contribution in [3.63, 3.8) is 0 Å². The Morgan fingerprint density at radius 1 is 1.50 bits per heavy atom. The smallest absolute Gasteiger partial charge is 0.227 e. The number of carbonyl (C=O) groups excluding carboxylic acids is 1. The molecule has 1 aliphatic heterocycles. The van der Waals surface area contributed by atoms with Gasteiger partial charge >= 0.3 is 0 Å². The van der Waals surface area contributed by atoms with Gasteiger partial charge in [0.05, 0.1) is 20.1 Å². The van der Waals surface area contributed by atoms with Gasteiger partial charge in [-0.05, 0) is 36.5 Å². The third-order valence-corrected chi connectivity index (χ3v) is 3.90. The van der Waals surface area contributed by atoms with Crippen molar-refractivity contribution in [2.45, 2.75) is 19.3 Å². The maximum atomic E-state index is 12.5. The molecule has 1 aromatic rings. The van der Waals surface area contributed by atoms with Crippen molar-refractivity contribution in [2.75, 3.05) is 33.4 Å². The number of hydrogen-bond donors (Lipinski definition) is 0. The van der Waals surface area contributed by atoms with E-state index in [0.717, 1.165) is 37.2 Å². The third kappa shape index (κ3) is 4.78. The summed E-state index contributed by atoms with van der Waals surface area (Å²) in [6.45, 7) is 2.56. The Balaban J connectivity index is 1.87. The highest BCUT2D eigenvalue weighted by atomic mass is 16.5. The van der Waals surface area contributed by atoms with Crippen LogP contribution in [0, 0.1) is 18.3 Å². The fourth-order valence-corrected chi connectivity index (χ4v) is 2.78. The van der Waals surface area contributed by atoms with Crippen LogP contribution in [0.3, 0.4) is 0 Å². The number of amides is 1. The number of benzene rings is 1. The molecular weight excluding hydrogens is 278 g/mol. The van der Waals surface area contributed by atoms with E-state index in [1.54, 1.807) is 7.11 Å². The first kappa shape index (κ1) is 16.4. The van der Waals surface area contributed by atoms with E-state index in [2.05, 4.69) is 5.92 Å². The Morgan fingerprint density at radius 3 is 3.14 bits per heavy atom. The minimum Gasteiger partial charge on any atom is -0.497 e. The monoisotopic (exact) mass is 301 g/mol. The van der Waals surface area contributed by atoms with Crippen LogP contribution in [0.2, 0.25) is 0 Å². The lowest BCUT2D eigenvalue weighted by molar-refractivity contribution is -0.132. The number of methoxy groups -OCH3 is 1. The van der Waals surface area contributed by atoms with Gasteiger partial charge in [-0.2, -0.15) is 0 Å². The SMILES string of the molecule is C#CCOCC1CCCN(C(=O)Cc2cccc(OC)c2)C1. The first-order valence-electron chi connectivity index (χ1n) is 7.65. The van der Waals surface area contributed by atoms with Crippen molar-refractivity contribution < 1.29 is 14.3 Å². The molecule has 0 aliphatic carbocycles. The van der Waals surface area contributed by atoms with E-state index in [-0.39, 0.29) is 5.91 Å². The molecule has 1 amide bonds. The number of ether oxygens (including phenoxy) is 2. The van der Waals surface area contributed by atoms with Gasteiger partial charge in [0, 0.05) is 13.1 Å². The van der Waals surface area contributed by atoms with E-state index >= 15 is 0 Å². The molecule has 1 heterocycles. The number of terminal acetylenes is 1. The quantitative estimate of drug-likeness (QED) is 0.597. The average molecular weight is 301 g/mol. The van der Waals surface area contributed by atoms with Crippen LogP contribution in [-0.2, 0) is 16.0 Å². The van der Waals surface area contributed by atoms with Crippen LogP contribution < -0.4 is 4.74 Å². The Hall–Kier alpha value is -1.99. The second kappa shape index (κ2) is 8.45. The molecule has 2 rings (SSSR count). The molecule has 0 radical (unpaired) electrons. The van der Waals surface area contributed by atoms with E-state index < -0.39 is 0 Å². The highest BCUT2D eigenvalue weighted by molar-refractivity contribution is 5.79. The Labute approximate surface area is 132 Å². The van der Waals surface area contributed by atoms with Crippen molar-refractivity contribution in [1.29, 1.82) is 0 Å². The number of rotatable bonds is 6. The summed E-state index contributed by atoms with van der Waals surface area (Å²) < 4.78 is 10.6. The summed E-state index contributed by atoms with van der Waals surface area (Å²) in [5.41, 5.74) is 0.982. The van der Waals surface area contributed by atoms with Gasteiger partial charge in [-0.3, -0.25) is 4.79 Å². The van der Waals surface area contributed by atoms with Crippen LogP contribution in [0.1, 0.15) is 18.4 Å². The van der Waals surface area contributed by atoms with Crippen molar-refractivity contribution >= 4 is 5.91 Å². The molecule has 1 atom stereocenters. The predicted molar refractivity (Wildman–Crippen MR) is 85.7 cm³/mol. The molecule has 4 nitrogen and oxygen atoms in total. The fourth-order valence-electron chi connectivity index (χ4n) is 2.78. The largest absolute Gasteiger partial charge is 0.497 e. The van der Waals surface area contributed by atoms with Gasteiger partial charge in [0.2, 0.25) is 5.91 Å². The third-order valence-electron chi connectivity index (χ3n) is 3.90. The van der Waals surface area contributed by atoms with Crippen LogP contribution in [-0.4, -0.2) is 44.2 Å². The number of hydrogen-bond acceptors (Lipinski definition) is 3. The van der Waals surface area contributed by atoms with E-state index in [0.29, 0.717) is 25.6 Å². The molecule has 1 aliphatic rings. The van der Waals surface area contributed by atoms with Gasteiger partial charge in [-0.25, -0.2) is 0 Å². The van der Waals surface area contributed by atoms with Gasteiger partial charge in [0.15, 0.2) is 0 Å². The molecule has 4 heteroatoms. The van der Waals surface area contributed by atoms with Crippen LogP contribution in [0.4, 0.5) is 0 Å². The summed E-state index contributed by atoms with van der Waals surface area (Å²) in [7, 11) is 1.63. The van der Waals surface area contributed by atoms with Crippen molar-refractivity contribution in [3.8, 4) is 18.1 Å². The summed E-state index contributed by atoms with van der Waals surface area (Å²) in [6, 6.07) is 7.66. The van der Waals surface area contributed by atoms with E-state index in [1.165, 1.54) is 0 Å². The number of piperidine rings is 1. The molecule has 0 N–H and O–H groups in total. The molecule has 22 heavy (non-hydrogen) atoms. The number of likely N-dealkylation sites (tertiary alicyclic amines) is 1. The van der Waals surface area contributed by atoms with E-state index in [1.807, 2.05) is 29.2 Å². The Morgan fingerprint density at radius 2 is 2.36 bits per heavy atom. The summed E-state index contributed by atoms with van der Waals surface area (Å²) >= 11 is 0. The highest BCUT2D eigenvalue weighted by Gasteiger charge is 2.23. The molecule has 1 fully saturated rings. The topological polar surface area (TPSA) is 38.8 Å². The van der Waals surface area contributed by atoms with Gasteiger partial charge < -0.3 is 14.4 Å². The second-order valence-electron chi connectivity index (χ2n) is 5.60. The maximum Gasteiger partial charge on any atom is 0.227 e. The van der Waals surface area contributed by atoms with Crippen molar-refractivity contribution in [1.82, 2.24) is 4.90 Å². The van der Waals surface area contributed by atoms with Gasteiger partial charge in [-0.15, -0.1) is 6.42 Å². The Kier molecular flexibility index (Phi) is 6.29. The van der Waals surface area contributed by atoms with Crippen molar-refractivity contribution in [2.24, 2.45) is 5.92 Å². The average Bonchev–Trinajstić information content (AvgIpc) is 2.55. The number of carbonyl (C=O) groups is 1. The minimum atomic E-state index is 0.162. The lowest BCUT2D eigenvalue weighted by Gasteiger charge is -2.32. The van der Waals surface area contributed by atoms with Crippen LogP contribution in [0.15, 0.2) is 24.3 Å². The molecule has 0 bridgehead atoms. The van der Waals surface area contributed by atoms with Gasteiger partial charge in [0.1, 0.15) is 12.4 Å². The summed E-state index contributed by atoms with van der Waals surface area (Å²) in [5.74, 6) is 3.80. The molecule has 1 unspecified atom stereocenters. The minimum absolute atomic E-state index is 0.162. The first-order valence-corrected chi connectivity index (χ1v) is 7.65. The predicted octanol–water partition coefficient (Wildman–Crippen LogP) is 2.13. The zero-order chi connectivity index (χ0) is 15.8. The molecule has 1 saturated heterocycles. The molecule has 0 aromatic heterocycles.